The number of aromatic nitrogens is 2. The van der Waals surface area contributed by atoms with Crippen molar-refractivity contribution in [1.82, 2.24) is 19.4 Å². The summed E-state index contributed by atoms with van der Waals surface area (Å²) in [6, 6.07) is 0.458. The number of esters is 1. The number of hydrogen-bond acceptors (Lipinski definition) is 5. The van der Waals surface area contributed by atoms with Crippen molar-refractivity contribution in [2.75, 3.05) is 33.8 Å². The lowest BCUT2D eigenvalue weighted by molar-refractivity contribution is -0.144. The third-order valence-electron chi connectivity index (χ3n) is 5.18. The van der Waals surface area contributed by atoms with Crippen molar-refractivity contribution in [1.29, 1.82) is 0 Å². The van der Waals surface area contributed by atoms with Crippen LogP contribution in [0, 0.1) is 0 Å². The van der Waals surface area contributed by atoms with Crippen molar-refractivity contribution in [3.63, 3.8) is 0 Å². The van der Waals surface area contributed by atoms with Gasteiger partial charge in [0.05, 0.1) is 13.0 Å². The second-order valence-electron chi connectivity index (χ2n) is 7.46. The van der Waals surface area contributed by atoms with Crippen LogP contribution in [0.2, 0.25) is 0 Å². The van der Waals surface area contributed by atoms with Gasteiger partial charge in [-0.15, -0.1) is 0 Å². The first-order chi connectivity index (χ1) is 13.0. The number of likely N-dealkylation sites (N-methyl/N-ethyl adjacent to an activating group) is 1. The number of nitrogens with zero attached hydrogens (tertiary/aromatic N) is 4. The number of unbranched alkanes of at least 4 members (excludes halogenated alkanes) is 2. The molecule has 0 N–H and O–H groups in total. The van der Waals surface area contributed by atoms with Gasteiger partial charge in [0.2, 0.25) is 5.91 Å². The lowest BCUT2D eigenvalue weighted by Gasteiger charge is -2.20. The highest BCUT2D eigenvalue weighted by Crippen LogP contribution is 2.15. The Morgan fingerprint density at radius 2 is 2.11 bits per heavy atom. The van der Waals surface area contributed by atoms with Gasteiger partial charge in [-0.05, 0) is 26.9 Å². The molecule has 2 heterocycles. The summed E-state index contributed by atoms with van der Waals surface area (Å²) in [5.41, 5.74) is 0. The standard InChI is InChI=1S/C20H34N4O3/c1-4-5-6-15-27-20(26)10-13-23-14-11-21-18(23)7-8-19(25)24-12-9-17(16-24)22(2)3/h11,14,17H,4-10,12-13,15-16H2,1-3H3/t17-/m0/s1. The molecule has 2 rings (SSSR count). The van der Waals surface area contributed by atoms with Gasteiger partial charge < -0.3 is 19.1 Å². The van der Waals surface area contributed by atoms with E-state index in [2.05, 4.69) is 30.9 Å². The van der Waals surface area contributed by atoms with Crippen molar-refractivity contribution in [2.45, 2.75) is 64.5 Å². The molecule has 0 radical (unpaired) electrons. The molecule has 152 valence electrons. The fourth-order valence-corrected chi connectivity index (χ4v) is 3.36. The average Bonchev–Trinajstić information content (AvgIpc) is 3.31. The van der Waals surface area contributed by atoms with Crippen molar-refractivity contribution in [3.05, 3.63) is 18.2 Å². The highest BCUT2D eigenvalue weighted by molar-refractivity contribution is 5.76. The van der Waals surface area contributed by atoms with E-state index in [0.29, 0.717) is 38.5 Å². The minimum Gasteiger partial charge on any atom is -0.466 e. The monoisotopic (exact) mass is 378 g/mol. The van der Waals surface area contributed by atoms with Gasteiger partial charge in [0.25, 0.3) is 0 Å². The van der Waals surface area contributed by atoms with E-state index in [1.54, 1.807) is 6.20 Å². The van der Waals surface area contributed by atoms with Crippen LogP contribution in [-0.4, -0.2) is 71.1 Å². The van der Waals surface area contributed by atoms with E-state index in [-0.39, 0.29) is 11.9 Å². The summed E-state index contributed by atoms with van der Waals surface area (Å²) in [5, 5.41) is 0. The van der Waals surface area contributed by atoms with Crippen LogP contribution in [0.25, 0.3) is 0 Å². The van der Waals surface area contributed by atoms with E-state index in [0.717, 1.165) is 44.6 Å². The maximum absolute atomic E-state index is 12.5. The van der Waals surface area contributed by atoms with Gasteiger partial charge >= 0.3 is 5.97 Å². The number of carbonyl (C=O) groups is 2. The summed E-state index contributed by atoms with van der Waals surface area (Å²) in [7, 11) is 4.12. The minimum absolute atomic E-state index is 0.173. The Bertz CT molecular complexity index is 600. The van der Waals surface area contributed by atoms with Crippen molar-refractivity contribution in [2.24, 2.45) is 0 Å². The maximum atomic E-state index is 12.5. The number of ether oxygens (including phenoxy) is 1. The molecule has 0 spiro atoms. The van der Waals surface area contributed by atoms with E-state index in [4.69, 9.17) is 4.74 Å². The summed E-state index contributed by atoms with van der Waals surface area (Å²) in [4.78, 5) is 32.8. The van der Waals surface area contributed by atoms with E-state index >= 15 is 0 Å². The Morgan fingerprint density at radius 3 is 2.81 bits per heavy atom. The Labute approximate surface area is 162 Å². The van der Waals surface area contributed by atoms with Gasteiger partial charge in [-0.3, -0.25) is 9.59 Å². The Balaban J connectivity index is 1.72. The molecule has 1 atom stereocenters. The topological polar surface area (TPSA) is 67.7 Å². The summed E-state index contributed by atoms with van der Waals surface area (Å²) < 4.78 is 7.19. The van der Waals surface area contributed by atoms with E-state index in [1.807, 2.05) is 15.7 Å². The zero-order valence-corrected chi connectivity index (χ0v) is 17.0. The molecule has 1 aromatic rings. The van der Waals surface area contributed by atoms with Crippen molar-refractivity contribution < 1.29 is 14.3 Å². The highest BCUT2D eigenvalue weighted by atomic mass is 16.5. The summed E-state index contributed by atoms with van der Waals surface area (Å²) >= 11 is 0. The molecule has 1 saturated heterocycles. The van der Waals surface area contributed by atoms with Crippen LogP contribution >= 0.6 is 0 Å². The number of aryl methyl sites for hydroxylation is 2. The van der Waals surface area contributed by atoms with Crippen LogP contribution in [0.3, 0.4) is 0 Å². The largest absolute Gasteiger partial charge is 0.466 e. The van der Waals surface area contributed by atoms with Gasteiger partial charge in [0.15, 0.2) is 0 Å². The van der Waals surface area contributed by atoms with Crippen LogP contribution in [0.15, 0.2) is 12.4 Å². The molecular weight excluding hydrogens is 344 g/mol. The van der Waals surface area contributed by atoms with Gasteiger partial charge in [0.1, 0.15) is 5.82 Å². The average molecular weight is 379 g/mol. The number of hydrogen-bond donors (Lipinski definition) is 0. The van der Waals surface area contributed by atoms with Gasteiger partial charge in [0, 0.05) is 50.9 Å². The van der Waals surface area contributed by atoms with E-state index in [1.165, 1.54) is 0 Å². The van der Waals surface area contributed by atoms with Crippen LogP contribution in [-0.2, 0) is 27.3 Å². The second-order valence-corrected chi connectivity index (χ2v) is 7.46. The zero-order valence-electron chi connectivity index (χ0n) is 17.0. The summed E-state index contributed by atoms with van der Waals surface area (Å²) in [6.07, 6.45) is 9.13. The molecule has 27 heavy (non-hydrogen) atoms. The minimum atomic E-state index is -0.173. The molecule has 1 aliphatic heterocycles. The van der Waals surface area contributed by atoms with E-state index in [9.17, 15) is 9.59 Å². The lowest BCUT2D eigenvalue weighted by Crippen LogP contribution is -2.34. The second kappa shape index (κ2) is 11.1. The molecule has 1 fully saturated rings. The zero-order chi connectivity index (χ0) is 19.6. The highest BCUT2D eigenvalue weighted by Gasteiger charge is 2.27. The number of amides is 1. The molecule has 0 bridgehead atoms. The third-order valence-corrected chi connectivity index (χ3v) is 5.18. The van der Waals surface area contributed by atoms with E-state index < -0.39 is 0 Å². The quantitative estimate of drug-likeness (QED) is 0.436. The SMILES string of the molecule is CCCCCOC(=O)CCn1ccnc1CCC(=O)N1CC[C@H](N(C)C)C1. The molecular formula is C20H34N4O3. The van der Waals surface area contributed by atoms with Gasteiger partial charge in [-0.2, -0.15) is 0 Å². The fraction of sp³-hybridized carbons (Fsp3) is 0.750. The Morgan fingerprint density at radius 1 is 1.30 bits per heavy atom. The first-order valence-electron chi connectivity index (χ1n) is 10.1. The van der Waals surface area contributed by atoms with Crippen molar-refractivity contribution in [3.8, 4) is 0 Å². The molecule has 0 aromatic carbocycles. The molecule has 1 amide bonds. The summed E-state index contributed by atoms with van der Waals surface area (Å²) in [6.45, 7) is 4.81. The van der Waals surface area contributed by atoms with Crippen LogP contribution in [0.5, 0.6) is 0 Å². The molecule has 1 aliphatic rings. The molecule has 7 nitrogen and oxygen atoms in total. The molecule has 0 aliphatic carbocycles. The predicted octanol–water partition coefficient (Wildman–Crippen LogP) is 2.10. The number of rotatable bonds is 11. The molecule has 0 unspecified atom stereocenters. The number of carbonyl (C=O) groups excluding carboxylic acids is 2. The predicted molar refractivity (Wildman–Crippen MR) is 104 cm³/mol. The van der Waals surface area contributed by atoms with Crippen molar-refractivity contribution >= 4 is 11.9 Å². The molecule has 1 aromatic heterocycles. The maximum Gasteiger partial charge on any atom is 0.307 e. The van der Waals surface area contributed by atoms with Gasteiger partial charge in [-0.25, -0.2) is 4.98 Å². The van der Waals surface area contributed by atoms with Crippen LogP contribution in [0.1, 0.15) is 51.3 Å². The number of imidazole rings is 1. The fourth-order valence-electron chi connectivity index (χ4n) is 3.36. The van der Waals surface area contributed by atoms with Crippen LogP contribution < -0.4 is 0 Å². The Kier molecular flexibility index (Phi) is 8.78. The lowest BCUT2D eigenvalue weighted by atomic mass is 10.2. The van der Waals surface area contributed by atoms with Gasteiger partial charge in [-0.1, -0.05) is 19.8 Å². The smallest absolute Gasteiger partial charge is 0.307 e. The van der Waals surface area contributed by atoms with Crippen LogP contribution in [0.4, 0.5) is 0 Å². The number of likely N-dealkylation sites (tertiary alicyclic amines) is 1. The molecule has 0 saturated carbocycles. The summed E-state index contributed by atoms with van der Waals surface area (Å²) in [5.74, 6) is 0.864. The first-order valence-corrected chi connectivity index (χ1v) is 10.1. The molecule has 7 heteroatoms. The normalized spacial score (nSPS) is 16.9. The first kappa shape index (κ1) is 21.4. The Hall–Kier alpha value is -1.89. The third kappa shape index (κ3) is 6.97.